The minimum absolute atomic E-state index is 0.313. The number of aryl methyl sites for hydroxylation is 2. The van der Waals surface area contributed by atoms with Crippen molar-refractivity contribution in [1.29, 1.82) is 0 Å². The molecule has 0 saturated heterocycles. The van der Waals surface area contributed by atoms with Gasteiger partial charge in [-0.3, -0.25) is 16.0 Å². The number of nitrogens with zero attached hydrogens (tertiary/aromatic N) is 2. The van der Waals surface area contributed by atoms with Crippen LogP contribution in [0, 0.1) is 0 Å². The van der Waals surface area contributed by atoms with Gasteiger partial charge in [0.05, 0.1) is 6.20 Å². The number of rotatable bonds is 8. The Morgan fingerprint density at radius 2 is 2.05 bits per heavy atom. The molecular formula is C16H24N4. The lowest BCUT2D eigenvalue weighted by Crippen LogP contribution is -2.36. The van der Waals surface area contributed by atoms with Crippen molar-refractivity contribution in [3.05, 3.63) is 53.9 Å². The largest absolute Gasteiger partial charge is 0.273 e. The van der Waals surface area contributed by atoms with E-state index in [1.54, 1.807) is 0 Å². The van der Waals surface area contributed by atoms with E-state index in [-0.39, 0.29) is 0 Å². The van der Waals surface area contributed by atoms with E-state index in [4.69, 9.17) is 5.84 Å². The van der Waals surface area contributed by atoms with E-state index in [2.05, 4.69) is 54.0 Å². The van der Waals surface area contributed by atoms with Crippen LogP contribution in [-0.2, 0) is 19.4 Å². The second-order valence-electron chi connectivity index (χ2n) is 5.15. The first kappa shape index (κ1) is 14.8. The Balaban J connectivity index is 1.77. The molecule has 0 aliphatic carbocycles. The summed E-state index contributed by atoms with van der Waals surface area (Å²) in [5.74, 6) is 5.66. The summed E-state index contributed by atoms with van der Waals surface area (Å²) in [4.78, 5) is 0. The summed E-state index contributed by atoms with van der Waals surface area (Å²) in [7, 11) is 0. The molecule has 0 radical (unpaired) electrons. The van der Waals surface area contributed by atoms with E-state index >= 15 is 0 Å². The highest BCUT2D eigenvalue weighted by atomic mass is 15.3. The summed E-state index contributed by atoms with van der Waals surface area (Å²) in [6, 6.07) is 10.9. The van der Waals surface area contributed by atoms with Gasteiger partial charge < -0.3 is 0 Å². The van der Waals surface area contributed by atoms with Gasteiger partial charge in [-0.15, -0.1) is 0 Å². The molecule has 2 aromatic rings. The van der Waals surface area contributed by atoms with Crippen molar-refractivity contribution in [2.45, 2.75) is 45.2 Å². The molecule has 0 aliphatic heterocycles. The quantitative estimate of drug-likeness (QED) is 0.572. The Hall–Kier alpha value is -1.65. The van der Waals surface area contributed by atoms with Crippen molar-refractivity contribution in [3.8, 4) is 0 Å². The maximum absolute atomic E-state index is 5.66. The Morgan fingerprint density at radius 3 is 2.70 bits per heavy atom. The highest BCUT2D eigenvalue weighted by Crippen LogP contribution is 2.10. The van der Waals surface area contributed by atoms with E-state index in [1.807, 2.05) is 10.9 Å². The highest BCUT2D eigenvalue weighted by molar-refractivity contribution is 5.14. The molecule has 0 aliphatic rings. The number of nitrogens with two attached hydrogens (primary N) is 1. The Morgan fingerprint density at radius 1 is 1.25 bits per heavy atom. The van der Waals surface area contributed by atoms with Gasteiger partial charge in [-0.2, -0.15) is 5.10 Å². The molecule has 1 atom stereocenters. The Kier molecular flexibility index (Phi) is 5.77. The monoisotopic (exact) mass is 272 g/mol. The molecule has 2 rings (SSSR count). The van der Waals surface area contributed by atoms with Gasteiger partial charge in [-0.25, -0.2) is 0 Å². The fraction of sp³-hybridized carbons (Fsp3) is 0.438. The third kappa shape index (κ3) is 4.47. The number of hydrazine groups is 1. The molecule has 0 spiro atoms. The van der Waals surface area contributed by atoms with Crippen LogP contribution in [0.3, 0.4) is 0 Å². The second kappa shape index (κ2) is 7.82. The Bertz CT molecular complexity index is 492. The average molecular weight is 272 g/mol. The minimum Gasteiger partial charge on any atom is -0.273 e. The van der Waals surface area contributed by atoms with E-state index < -0.39 is 0 Å². The Labute approximate surface area is 121 Å². The topological polar surface area (TPSA) is 55.9 Å². The molecule has 4 nitrogen and oxygen atoms in total. The van der Waals surface area contributed by atoms with Gasteiger partial charge >= 0.3 is 0 Å². The molecule has 0 saturated carbocycles. The maximum atomic E-state index is 5.66. The number of hydrogen-bond acceptors (Lipinski definition) is 3. The predicted molar refractivity (Wildman–Crippen MR) is 82.1 cm³/mol. The molecule has 0 bridgehead atoms. The smallest absolute Gasteiger partial charge is 0.0522 e. The van der Waals surface area contributed by atoms with Crippen LogP contribution in [0.25, 0.3) is 0 Å². The summed E-state index contributed by atoms with van der Waals surface area (Å²) in [6.45, 7) is 3.00. The average Bonchev–Trinajstić information content (AvgIpc) is 2.95. The van der Waals surface area contributed by atoms with Crippen LogP contribution in [-0.4, -0.2) is 15.8 Å². The lowest BCUT2D eigenvalue weighted by molar-refractivity contribution is 0.476. The zero-order valence-corrected chi connectivity index (χ0v) is 12.1. The van der Waals surface area contributed by atoms with E-state index in [9.17, 15) is 0 Å². The van der Waals surface area contributed by atoms with Gasteiger partial charge in [0.25, 0.3) is 0 Å². The van der Waals surface area contributed by atoms with Crippen LogP contribution in [0.4, 0.5) is 0 Å². The zero-order chi connectivity index (χ0) is 14.2. The predicted octanol–water partition coefficient (Wildman–Crippen LogP) is 2.30. The van der Waals surface area contributed by atoms with Crippen molar-refractivity contribution >= 4 is 0 Å². The molecule has 108 valence electrons. The fourth-order valence-electron chi connectivity index (χ4n) is 2.41. The van der Waals surface area contributed by atoms with Crippen molar-refractivity contribution in [3.63, 3.8) is 0 Å². The van der Waals surface area contributed by atoms with Crippen LogP contribution in [0.1, 0.15) is 30.9 Å². The van der Waals surface area contributed by atoms with Gasteiger partial charge in [-0.05, 0) is 43.7 Å². The van der Waals surface area contributed by atoms with Gasteiger partial charge in [0, 0.05) is 18.8 Å². The molecule has 3 N–H and O–H groups in total. The van der Waals surface area contributed by atoms with E-state index in [0.717, 1.165) is 32.2 Å². The molecule has 0 amide bonds. The van der Waals surface area contributed by atoms with Crippen LogP contribution < -0.4 is 11.3 Å². The van der Waals surface area contributed by atoms with Gasteiger partial charge in [-0.1, -0.05) is 30.3 Å². The molecule has 20 heavy (non-hydrogen) atoms. The standard InChI is InChI=1S/C16H24N4/c1-2-20-13-15(12-18-20)11-16(19-17)10-6-9-14-7-4-3-5-8-14/h3-5,7-8,12-13,16,19H,2,6,9-11,17H2,1H3. The van der Waals surface area contributed by atoms with Gasteiger partial charge in [0.15, 0.2) is 0 Å². The van der Waals surface area contributed by atoms with Crippen LogP contribution in [0.5, 0.6) is 0 Å². The van der Waals surface area contributed by atoms with E-state index in [1.165, 1.54) is 11.1 Å². The van der Waals surface area contributed by atoms with Crippen molar-refractivity contribution in [2.75, 3.05) is 0 Å². The van der Waals surface area contributed by atoms with Gasteiger partial charge in [0.1, 0.15) is 0 Å². The molecule has 1 unspecified atom stereocenters. The number of hydrogen-bond donors (Lipinski definition) is 2. The number of benzene rings is 1. The fourth-order valence-corrected chi connectivity index (χ4v) is 2.41. The van der Waals surface area contributed by atoms with Crippen LogP contribution in [0.15, 0.2) is 42.7 Å². The summed E-state index contributed by atoms with van der Waals surface area (Å²) in [6.07, 6.45) is 8.29. The lowest BCUT2D eigenvalue weighted by atomic mass is 10.0. The minimum atomic E-state index is 0.313. The number of aromatic nitrogens is 2. The second-order valence-corrected chi connectivity index (χ2v) is 5.15. The lowest BCUT2D eigenvalue weighted by Gasteiger charge is -2.14. The summed E-state index contributed by atoms with van der Waals surface area (Å²) in [5, 5.41) is 4.30. The third-order valence-electron chi connectivity index (χ3n) is 3.59. The normalized spacial score (nSPS) is 12.5. The number of nitrogens with one attached hydrogen (secondary N) is 1. The SMILES string of the molecule is CCn1cc(CC(CCCc2ccccc2)NN)cn1. The van der Waals surface area contributed by atoms with Crippen molar-refractivity contribution in [2.24, 2.45) is 5.84 Å². The van der Waals surface area contributed by atoms with Gasteiger partial charge in [0.2, 0.25) is 0 Å². The van der Waals surface area contributed by atoms with Crippen LogP contribution in [0.2, 0.25) is 0 Å². The highest BCUT2D eigenvalue weighted by Gasteiger charge is 2.09. The molecule has 0 fully saturated rings. The van der Waals surface area contributed by atoms with Crippen LogP contribution >= 0.6 is 0 Å². The summed E-state index contributed by atoms with van der Waals surface area (Å²) >= 11 is 0. The first-order chi connectivity index (χ1) is 9.81. The zero-order valence-electron chi connectivity index (χ0n) is 12.1. The first-order valence-electron chi connectivity index (χ1n) is 7.33. The maximum Gasteiger partial charge on any atom is 0.0522 e. The summed E-state index contributed by atoms with van der Waals surface area (Å²) in [5.41, 5.74) is 5.56. The summed E-state index contributed by atoms with van der Waals surface area (Å²) < 4.78 is 1.95. The van der Waals surface area contributed by atoms with Crippen molar-refractivity contribution < 1.29 is 0 Å². The third-order valence-corrected chi connectivity index (χ3v) is 3.59. The molecular weight excluding hydrogens is 248 g/mol. The molecule has 4 heteroatoms. The molecule has 1 heterocycles. The molecule has 1 aromatic carbocycles. The van der Waals surface area contributed by atoms with Crippen molar-refractivity contribution in [1.82, 2.24) is 15.2 Å². The van der Waals surface area contributed by atoms with E-state index in [0.29, 0.717) is 6.04 Å². The first-order valence-corrected chi connectivity index (χ1v) is 7.33. The molecule has 1 aromatic heterocycles.